The molecule has 3 nitrogen and oxygen atoms in total. The summed E-state index contributed by atoms with van der Waals surface area (Å²) >= 11 is 0. The van der Waals surface area contributed by atoms with Gasteiger partial charge in [0.25, 0.3) is 0 Å². The van der Waals surface area contributed by atoms with Crippen molar-refractivity contribution in [3.8, 4) is 0 Å². The maximum atomic E-state index is 11.0. The molecule has 3 heteroatoms. The van der Waals surface area contributed by atoms with E-state index in [-0.39, 0.29) is 0 Å². The Morgan fingerprint density at radius 1 is 1.21 bits per heavy atom. The molecule has 0 aromatic heterocycles. The predicted molar refractivity (Wildman–Crippen MR) is 78.7 cm³/mol. The number of piperidine rings is 1. The Kier molecular flexibility index (Phi) is 4.67. The van der Waals surface area contributed by atoms with E-state index in [0.29, 0.717) is 11.6 Å². The molecule has 2 fully saturated rings. The first-order valence-corrected chi connectivity index (χ1v) is 7.69. The van der Waals surface area contributed by atoms with Crippen LogP contribution in [0.25, 0.3) is 0 Å². The second-order valence-corrected chi connectivity index (χ2v) is 6.63. The molecule has 0 atom stereocenters. The van der Waals surface area contributed by atoms with Crippen LogP contribution in [0.4, 0.5) is 0 Å². The van der Waals surface area contributed by atoms with Crippen LogP contribution in [0.3, 0.4) is 0 Å². The lowest BCUT2D eigenvalue weighted by Gasteiger charge is -2.49. The molecule has 1 saturated heterocycles. The molecule has 0 unspecified atom stereocenters. The average molecular weight is 264 g/mol. The maximum absolute atomic E-state index is 11.0. The molecule has 0 bridgehead atoms. The van der Waals surface area contributed by atoms with E-state index in [1.54, 1.807) is 11.1 Å². The van der Waals surface area contributed by atoms with E-state index >= 15 is 0 Å². The predicted octanol–water partition coefficient (Wildman–Crippen LogP) is 3.02. The minimum atomic E-state index is 0.359. The number of amides is 1. The topological polar surface area (TPSA) is 23.6 Å². The van der Waals surface area contributed by atoms with Crippen molar-refractivity contribution < 1.29 is 4.79 Å². The van der Waals surface area contributed by atoms with Crippen LogP contribution in [0.5, 0.6) is 0 Å². The SMILES string of the molecule is C=CN(C=O)C1CCN(C2(C)CCC(C)CC2)CC1. The summed E-state index contributed by atoms with van der Waals surface area (Å²) in [5.74, 6) is 0.900. The standard InChI is InChI=1S/C16H28N2O/c1-4-17(13-19)15-7-11-18(12-8-15)16(3)9-5-14(2)6-10-16/h4,13-15H,1,5-12H2,2-3H3. The normalized spacial score (nSPS) is 33.9. The Balaban J connectivity index is 1.89. The fourth-order valence-electron chi connectivity index (χ4n) is 3.68. The molecule has 1 saturated carbocycles. The summed E-state index contributed by atoms with van der Waals surface area (Å²) in [5, 5.41) is 0. The molecule has 0 aromatic carbocycles. The lowest BCUT2D eigenvalue weighted by Crippen LogP contribution is -2.54. The largest absolute Gasteiger partial charge is 0.319 e. The van der Waals surface area contributed by atoms with Gasteiger partial charge in [-0.3, -0.25) is 9.69 Å². The molecule has 108 valence electrons. The van der Waals surface area contributed by atoms with Gasteiger partial charge in [0.05, 0.1) is 0 Å². The highest BCUT2D eigenvalue weighted by atomic mass is 16.1. The number of likely N-dealkylation sites (tertiary alicyclic amines) is 1. The van der Waals surface area contributed by atoms with Crippen molar-refractivity contribution in [2.75, 3.05) is 13.1 Å². The highest BCUT2D eigenvalue weighted by molar-refractivity contribution is 5.49. The van der Waals surface area contributed by atoms with E-state index in [4.69, 9.17) is 0 Å². The van der Waals surface area contributed by atoms with Crippen LogP contribution in [-0.2, 0) is 4.79 Å². The van der Waals surface area contributed by atoms with Gasteiger partial charge >= 0.3 is 0 Å². The molecular weight excluding hydrogens is 236 g/mol. The summed E-state index contributed by atoms with van der Waals surface area (Å²) in [5.41, 5.74) is 0.400. The Morgan fingerprint density at radius 2 is 1.79 bits per heavy atom. The summed E-state index contributed by atoms with van der Waals surface area (Å²) in [6, 6.07) is 0.359. The number of rotatable bonds is 4. The molecule has 0 aromatic rings. The lowest BCUT2D eigenvalue weighted by molar-refractivity contribution is -0.118. The zero-order valence-corrected chi connectivity index (χ0v) is 12.5. The molecule has 1 amide bonds. The van der Waals surface area contributed by atoms with Gasteiger partial charge in [-0.2, -0.15) is 0 Å². The van der Waals surface area contributed by atoms with E-state index in [2.05, 4.69) is 25.3 Å². The Hall–Kier alpha value is -0.830. The summed E-state index contributed by atoms with van der Waals surface area (Å²) in [6.45, 7) is 10.8. The zero-order valence-electron chi connectivity index (χ0n) is 12.5. The monoisotopic (exact) mass is 264 g/mol. The van der Waals surface area contributed by atoms with Crippen molar-refractivity contribution in [1.29, 1.82) is 0 Å². The van der Waals surface area contributed by atoms with E-state index in [0.717, 1.165) is 38.3 Å². The molecule has 19 heavy (non-hydrogen) atoms. The molecule has 1 heterocycles. The van der Waals surface area contributed by atoms with Crippen LogP contribution in [0.2, 0.25) is 0 Å². The van der Waals surface area contributed by atoms with Crippen LogP contribution in [0.1, 0.15) is 52.4 Å². The van der Waals surface area contributed by atoms with Gasteiger partial charge in [0.2, 0.25) is 6.41 Å². The van der Waals surface area contributed by atoms with Gasteiger partial charge in [0.1, 0.15) is 0 Å². The fourth-order valence-corrected chi connectivity index (χ4v) is 3.68. The van der Waals surface area contributed by atoms with Gasteiger partial charge < -0.3 is 4.90 Å². The molecule has 1 aliphatic carbocycles. The van der Waals surface area contributed by atoms with Crippen molar-refractivity contribution in [2.24, 2.45) is 5.92 Å². The second-order valence-electron chi connectivity index (χ2n) is 6.63. The molecule has 0 radical (unpaired) electrons. The van der Waals surface area contributed by atoms with Gasteiger partial charge in [0.15, 0.2) is 0 Å². The first kappa shape index (κ1) is 14.6. The van der Waals surface area contributed by atoms with Crippen molar-refractivity contribution in [3.05, 3.63) is 12.8 Å². The Morgan fingerprint density at radius 3 is 2.26 bits per heavy atom. The number of carbonyl (C=O) groups excluding carboxylic acids is 1. The van der Waals surface area contributed by atoms with Crippen LogP contribution < -0.4 is 0 Å². The van der Waals surface area contributed by atoms with Crippen LogP contribution in [0.15, 0.2) is 12.8 Å². The molecular formula is C16H28N2O. The molecule has 2 rings (SSSR count). The minimum Gasteiger partial charge on any atom is -0.319 e. The fraction of sp³-hybridized carbons (Fsp3) is 0.812. The van der Waals surface area contributed by atoms with E-state index in [1.807, 2.05) is 0 Å². The van der Waals surface area contributed by atoms with Crippen molar-refractivity contribution >= 4 is 6.41 Å². The number of hydrogen-bond acceptors (Lipinski definition) is 2. The number of nitrogens with zero attached hydrogens (tertiary/aromatic N) is 2. The number of hydrogen-bond donors (Lipinski definition) is 0. The van der Waals surface area contributed by atoms with E-state index in [9.17, 15) is 4.79 Å². The van der Waals surface area contributed by atoms with E-state index < -0.39 is 0 Å². The van der Waals surface area contributed by atoms with Crippen molar-refractivity contribution in [3.63, 3.8) is 0 Å². The summed E-state index contributed by atoms with van der Waals surface area (Å²) in [4.78, 5) is 15.4. The van der Waals surface area contributed by atoms with Gasteiger partial charge in [-0.25, -0.2) is 0 Å². The summed E-state index contributed by atoms with van der Waals surface area (Å²) in [6.07, 6.45) is 10.1. The van der Waals surface area contributed by atoms with Crippen molar-refractivity contribution in [2.45, 2.75) is 64.0 Å². The van der Waals surface area contributed by atoms with Crippen LogP contribution >= 0.6 is 0 Å². The molecule has 2 aliphatic rings. The first-order chi connectivity index (χ1) is 9.09. The maximum Gasteiger partial charge on any atom is 0.213 e. The lowest BCUT2D eigenvalue weighted by atomic mass is 9.76. The third kappa shape index (κ3) is 3.19. The Labute approximate surface area is 117 Å². The van der Waals surface area contributed by atoms with Gasteiger partial charge in [-0.15, -0.1) is 0 Å². The molecule has 0 spiro atoms. The summed E-state index contributed by atoms with van der Waals surface area (Å²) < 4.78 is 0. The van der Waals surface area contributed by atoms with E-state index in [1.165, 1.54) is 25.7 Å². The van der Waals surface area contributed by atoms with Gasteiger partial charge in [0, 0.05) is 24.7 Å². The van der Waals surface area contributed by atoms with Crippen LogP contribution in [-0.4, -0.2) is 40.9 Å². The number of carbonyl (C=O) groups is 1. The summed E-state index contributed by atoms with van der Waals surface area (Å²) in [7, 11) is 0. The first-order valence-electron chi connectivity index (χ1n) is 7.69. The van der Waals surface area contributed by atoms with Gasteiger partial charge in [-0.1, -0.05) is 13.5 Å². The molecule has 1 aliphatic heterocycles. The average Bonchev–Trinajstić information content (AvgIpc) is 2.44. The Bertz CT molecular complexity index is 305. The minimum absolute atomic E-state index is 0.359. The quantitative estimate of drug-likeness (QED) is 0.729. The smallest absolute Gasteiger partial charge is 0.213 e. The molecule has 0 N–H and O–H groups in total. The third-order valence-electron chi connectivity index (χ3n) is 5.33. The third-order valence-corrected chi connectivity index (χ3v) is 5.33. The highest BCUT2D eigenvalue weighted by Gasteiger charge is 2.37. The highest BCUT2D eigenvalue weighted by Crippen LogP contribution is 2.37. The van der Waals surface area contributed by atoms with Crippen molar-refractivity contribution in [1.82, 2.24) is 9.80 Å². The second kappa shape index (κ2) is 6.08. The van der Waals surface area contributed by atoms with Crippen LogP contribution in [0, 0.1) is 5.92 Å². The zero-order chi connectivity index (χ0) is 13.9. The van der Waals surface area contributed by atoms with Gasteiger partial charge in [-0.05, 0) is 57.6 Å².